The van der Waals surface area contributed by atoms with Gasteiger partial charge >= 0.3 is 0 Å². The van der Waals surface area contributed by atoms with E-state index in [2.05, 4.69) is 10.3 Å². The summed E-state index contributed by atoms with van der Waals surface area (Å²) >= 11 is 0. The summed E-state index contributed by atoms with van der Waals surface area (Å²) in [5.74, 6) is -0.345. The largest absolute Gasteiger partial charge is 0.338 e. The van der Waals surface area contributed by atoms with Gasteiger partial charge in [-0.3, -0.25) is 9.59 Å². The molecule has 2 saturated heterocycles. The molecule has 0 spiro atoms. The Balaban J connectivity index is 1.22. The Morgan fingerprint density at radius 1 is 0.848 bits per heavy atom. The van der Waals surface area contributed by atoms with Gasteiger partial charge in [-0.1, -0.05) is 29.5 Å². The zero-order valence-electron chi connectivity index (χ0n) is 18.4. The molecular formula is C25H26FN5O2. The minimum atomic E-state index is -0.284. The minimum absolute atomic E-state index is 0.0131. The number of benzene rings is 2. The summed E-state index contributed by atoms with van der Waals surface area (Å²) in [4.78, 5) is 29.3. The molecule has 0 unspecified atom stereocenters. The Morgan fingerprint density at radius 2 is 1.55 bits per heavy atom. The van der Waals surface area contributed by atoms with Crippen LogP contribution in [0.15, 0.2) is 54.7 Å². The summed E-state index contributed by atoms with van der Waals surface area (Å²) in [5, 5.41) is 8.30. The third-order valence-corrected chi connectivity index (χ3v) is 6.54. The average molecular weight is 448 g/mol. The molecule has 0 aliphatic carbocycles. The number of halogens is 1. The van der Waals surface area contributed by atoms with Crippen molar-refractivity contribution in [2.75, 3.05) is 26.2 Å². The Kier molecular flexibility index (Phi) is 5.90. The maximum atomic E-state index is 13.2. The lowest BCUT2D eigenvalue weighted by atomic mass is 10.0. The summed E-state index contributed by atoms with van der Waals surface area (Å²) in [6.07, 6.45) is 5.33. The highest BCUT2D eigenvalue weighted by Gasteiger charge is 2.27. The molecule has 7 nitrogen and oxygen atoms in total. The van der Waals surface area contributed by atoms with Crippen molar-refractivity contribution in [3.05, 3.63) is 71.8 Å². The highest BCUT2D eigenvalue weighted by molar-refractivity contribution is 5.95. The zero-order chi connectivity index (χ0) is 22.8. The van der Waals surface area contributed by atoms with Gasteiger partial charge in [-0.25, -0.2) is 9.07 Å². The number of amides is 2. The quantitative estimate of drug-likeness (QED) is 0.610. The molecule has 2 fully saturated rings. The normalized spacial score (nSPS) is 16.9. The van der Waals surface area contributed by atoms with Crippen LogP contribution in [0, 0.1) is 5.82 Å². The molecule has 8 heteroatoms. The lowest BCUT2D eigenvalue weighted by molar-refractivity contribution is 0.0689. The van der Waals surface area contributed by atoms with E-state index in [1.54, 1.807) is 23.0 Å². The van der Waals surface area contributed by atoms with Crippen LogP contribution in [-0.2, 0) is 0 Å². The van der Waals surface area contributed by atoms with Gasteiger partial charge in [-0.15, -0.1) is 5.10 Å². The van der Waals surface area contributed by atoms with Crippen LogP contribution < -0.4 is 0 Å². The molecule has 33 heavy (non-hydrogen) atoms. The van der Waals surface area contributed by atoms with Crippen LogP contribution in [-0.4, -0.2) is 62.8 Å². The van der Waals surface area contributed by atoms with Gasteiger partial charge < -0.3 is 9.80 Å². The van der Waals surface area contributed by atoms with Gasteiger partial charge in [-0.05, 0) is 61.1 Å². The van der Waals surface area contributed by atoms with Crippen molar-refractivity contribution < 1.29 is 14.0 Å². The second-order valence-corrected chi connectivity index (χ2v) is 8.69. The molecule has 1 aromatic heterocycles. The van der Waals surface area contributed by atoms with Crippen molar-refractivity contribution in [1.29, 1.82) is 0 Å². The second kappa shape index (κ2) is 9.13. The van der Waals surface area contributed by atoms with Gasteiger partial charge in [0.05, 0.1) is 12.2 Å². The molecule has 2 aromatic carbocycles. The first-order valence-corrected chi connectivity index (χ1v) is 11.4. The molecule has 0 atom stereocenters. The first-order valence-electron chi connectivity index (χ1n) is 11.4. The average Bonchev–Trinajstić information content (AvgIpc) is 3.57. The van der Waals surface area contributed by atoms with Crippen LogP contribution in [0.2, 0.25) is 0 Å². The number of hydrogen-bond donors (Lipinski definition) is 0. The maximum Gasteiger partial charge on any atom is 0.276 e. The number of piperidine rings is 1. The number of aromatic nitrogens is 3. The fourth-order valence-corrected chi connectivity index (χ4v) is 4.63. The van der Waals surface area contributed by atoms with E-state index >= 15 is 0 Å². The summed E-state index contributed by atoms with van der Waals surface area (Å²) in [5.41, 5.74) is 2.77. The van der Waals surface area contributed by atoms with Crippen molar-refractivity contribution >= 4 is 11.8 Å². The van der Waals surface area contributed by atoms with E-state index in [4.69, 9.17) is 0 Å². The van der Waals surface area contributed by atoms with Crippen molar-refractivity contribution in [2.24, 2.45) is 0 Å². The zero-order valence-corrected chi connectivity index (χ0v) is 18.4. The fraction of sp³-hybridized carbons (Fsp3) is 0.360. The molecule has 2 aliphatic heterocycles. The van der Waals surface area contributed by atoms with Crippen LogP contribution in [0.3, 0.4) is 0 Å². The van der Waals surface area contributed by atoms with Crippen LogP contribution in [0.5, 0.6) is 0 Å². The monoisotopic (exact) mass is 447 g/mol. The van der Waals surface area contributed by atoms with Gasteiger partial charge in [0.2, 0.25) is 0 Å². The fourth-order valence-electron chi connectivity index (χ4n) is 4.63. The van der Waals surface area contributed by atoms with E-state index in [-0.39, 0.29) is 23.7 Å². The van der Waals surface area contributed by atoms with Gasteiger partial charge in [0.1, 0.15) is 5.82 Å². The number of rotatable bonds is 4. The van der Waals surface area contributed by atoms with Gasteiger partial charge in [0.15, 0.2) is 5.69 Å². The topological polar surface area (TPSA) is 71.3 Å². The van der Waals surface area contributed by atoms with E-state index in [0.717, 1.165) is 49.9 Å². The van der Waals surface area contributed by atoms with Crippen LogP contribution in [0.25, 0.3) is 11.1 Å². The lowest BCUT2D eigenvalue weighted by Crippen LogP contribution is -2.39. The number of hydrogen-bond acceptors (Lipinski definition) is 4. The molecule has 170 valence electrons. The molecule has 2 aliphatic rings. The van der Waals surface area contributed by atoms with E-state index in [0.29, 0.717) is 24.3 Å². The molecule has 0 radical (unpaired) electrons. The summed E-state index contributed by atoms with van der Waals surface area (Å²) in [7, 11) is 0. The Morgan fingerprint density at radius 3 is 2.27 bits per heavy atom. The smallest absolute Gasteiger partial charge is 0.276 e. The lowest BCUT2D eigenvalue weighted by Gasteiger charge is -2.32. The van der Waals surface area contributed by atoms with Gasteiger partial charge in [-0.2, -0.15) is 0 Å². The molecule has 0 bridgehead atoms. The highest BCUT2D eigenvalue weighted by atomic mass is 19.1. The molecule has 3 heterocycles. The number of likely N-dealkylation sites (tertiary alicyclic amines) is 2. The second-order valence-electron chi connectivity index (χ2n) is 8.69. The Bertz CT molecular complexity index is 1150. The van der Waals surface area contributed by atoms with E-state index in [1.807, 2.05) is 34.1 Å². The first kappa shape index (κ1) is 21.3. The third kappa shape index (κ3) is 4.51. The van der Waals surface area contributed by atoms with Gasteiger partial charge in [0, 0.05) is 31.7 Å². The highest BCUT2D eigenvalue weighted by Crippen LogP contribution is 2.25. The third-order valence-electron chi connectivity index (χ3n) is 6.54. The van der Waals surface area contributed by atoms with Crippen LogP contribution >= 0.6 is 0 Å². The van der Waals surface area contributed by atoms with Crippen LogP contribution in [0.4, 0.5) is 4.39 Å². The standard InChI is InChI=1S/C25H26FN5O2/c26-21-8-6-18(7-9-21)19-4-3-5-20(16-19)24(32)30-14-10-22(11-15-30)31-17-23(27-28-31)25(33)29-12-1-2-13-29/h3-9,16-17,22H,1-2,10-15H2. The predicted octanol–water partition coefficient (Wildman–Crippen LogP) is 3.80. The van der Waals surface area contributed by atoms with Crippen molar-refractivity contribution in [2.45, 2.75) is 31.7 Å². The number of carbonyl (C=O) groups excluding carboxylic acids is 2. The SMILES string of the molecule is O=C(c1cccc(-c2ccc(F)cc2)c1)N1CCC(n2cc(C(=O)N3CCCC3)nn2)CC1. The molecule has 2 amide bonds. The van der Waals surface area contributed by atoms with Gasteiger partial charge in [0.25, 0.3) is 11.8 Å². The summed E-state index contributed by atoms with van der Waals surface area (Å²) in [6, 6.07) is 13.8. The van der Waals surface area contributed by atoms with E-state index in [1.165, 1.54) is 12.1 Å². The van der Waals surface area contributed by atoms with E-state index in [9.17, 15) is 14.0 Å². The maximum absolute atomic E-state index is 13.2. The van der Waals surface area contributed by atoms with Crippen molar-refractivity contribution in [1.82, 2.24) is 24.8 Å². The minimum Gasteiger partial charge on any atom is -0.338 e. The molecule has 3 aromatic rings. The Hall–Kier alpha value is -3.55. The molecule has 0 saturated carbocycles. The molecule has 0 N–H and O–H groups in total. The predicted molar refractivity (Wildman–Crippen MR) is 121 cm³/mol. The first-order chi connectivity index (χ1) is 16.1. The van der Waals surface area contributed by atoms with Crippen molar-refractivity contribution in [3.8, 4) is 11.1 Å². The molecule has 5 rings (SSSR count). The van der Waals surface area contributed by atoms with Crippen LogP contribution in [0.1, 0.15) is 52.6 Å². The number of nitrogens with zero attached hydrogens (tertiary/aromatic N) is 5. The number of carbonyl (C=O) groups is 2. The molecular weight excluding hydrogens is 421 g/mol. The van der Waals surface area contributed by atoms with Crippen molar-refractivity contribution in [3.63, 3.8) is 0 Å². The summed E-state index contributed by atoms with van der Waals surface area (Å²) < 4.78 is 15.0. The summed E-state index contributed by atoms with van der Waals surface area (Å²) in [6.45, 7) is 2.79. The Labute approximate surface area is 191 Å². The van der Waals surface area contributed by atoms with E-state index < -0.39 is 0 Å².